The first-order chi connectivity index (χ1) is 17.3. The number of unbranched alkanes of at least 4 members (excludes halogenated alkanes) is 17. The van der Waals surface area contributed by atoms with E-state index in [9.17, 15) is 23.1 Å². The Labute approximate surface area is 248 Å². The van der Waals surface area contributed by atoms with E-state index in [-0.39, 0.29) is 49.2 Å². The third-order valence-electron chi connectivity index (χ3n) is 6.18. The Kier molecular flexibility index (Phi) is 28.8. The molecule has 0 aliphatic carbocycles. The Balaban J connectivity index is 0. The van der Waals surface area contributed by atoms with Gasteiger partial charge in [0.05, 0.1) is 25.4 Å². The molecule has 0 spiro atoms. The molecule has 0 heterocycles. The SMILES string of the molecule is CCCCCCCCCCCCCCCCCCCCOC(=O)CC(O)C(=O)OCCCS(=O)(=O)O.[NaH]. The summed E-state index contributed by atoms with van der Waals surface area (Å²) in [6.07, 6.45) is 20.8. The van der Waals surface area contributed by atoms with E-state index >= 15 is 0 Å². The van der Waals surface area contributed by atoms with Gasteiger partial charge < -0.3 is 14.6 Å². The number of aliphatic hydroxyl groups is 1. The maximum atomic E-state index is 11.7. The third-order valence-corrected chi connectivity index (χ3v) is 6.99. The van der Waals surface area contributed by atoms with Crippen LogP contribution < -0.4 is 0 Å². The minimum absolute atomic E-state index is 0. The normalized spacial score (nSPS) is 12.1. The summed E-state index contributed by atoms with van der Waals surface area (Å²) >= 11 is 0. The molecule has 0 aliphatic heterocycles. The Bertz CT molecular complexity index is 642. The predicted octanol–water partition coefficient (Wildman–Crippen LogP) is 5.49. The first kappa shape index (κ1) is 39.0. The van der Waals surface area contributed by atoms with Crippen molar-refractivity contribution in [1.29, 1.82) is 0 Å². The molecule has 0 amide bonds. The molecule has 0 saturated heterocycles. The van der Waals surface area contributed by atoms with E-state index in [1.807, 2.05) is 0 Å². The maximum absolute atomic E-state index is 11.7. The van der Waals surface area contributed by atoms with Crippen LogP contribution in [0.4, 0.5) is 0 Å². The van der Waals surface area contributed by atoms with Crippen LogP contribution in [0.3, 0.4) is 0 Å². The molecule has 37 heavy (non-hydrogen) atoms. The molecule has 0 rings (SSSR count). The molecule has 0 bridgehead atoms. The van der Waals surface area contributed by atoms with Crippen molar-refractivity contribution in [2.24, 2.45) is 0 Å². The van der Waals surface area contributed by atoms with Crippen molar-refractivity contribution in [3.8, 4) is 0 Å². The van der Waals surface area contributed by atoms with Crippen LogP contribution in [0.25, 0.3) is 0 Å². The summed E-state index contributed by atoms with van der Waals surface area (Å²) in [6.45, 7) is 2.24. The standard InChI is InChI=1S/C27H52O8S.Na.H/c1-2-3-4-5-6-7-8-9-10-11-12-13-14-15-16-17-18-19-21-34-26(29)24-25(28)27(30)35-22-20-23-36(31,32)33;;/h25,28H,2-24H2,1H3,(H,31,32,33);;. The van der Waals surface area contributed by atoms with Crippen molar-refractivity contribution in [3.63, 3.8) is 0 Å². The molecule has 0 radical (unpaired) electrons. The molecule has 2 N–H and O–H groups in total. The van der Waals surface area contributed by atoms with Gasteiger partial charge in [0.15, 0.2) is 6.10 Å². The summed E-state index contributed by atoms with van der Waals surface area (Å²) in [5.74, 6) is -2.24. The molecular formula is C27H53NaO8S. The molecule has 0 saturated carbocycles. The van der Waals surface area contributed by atoms with E-state index in [4.69, 9.17) is 9.29 Å². The Morgan fingerprint density at radius 3 is 1.43 bits per heavy atom. The zero-order chi connectivity index (χ0) is 26.9. The second-order valence-corrected chi connectivity index (χ2v) is 11.3. The number of esters is 2. The van der Waals surface area contributed by atoms with Crippen molar-refractivity contribution in [1.82, 2.24) is 0 Å². The number of aliphatic hydroxyl groups excluding tert-OH is 1. The molecule has 0 aromatic heterocycles. The van der Waals surface area contributed by atoms with Crippen LogP contribution in [-0.2, 0) is 29.2 Å². The second-order valence-electron chi connectivity index (χ2n) is 9.76. The second kappa shape index (κ2) is 27.4. The van der Waals surface area contributed by atoms with Gasteiger partial charge in [-0.1, -0.05) is 116 Å². The average molecular weight is 561 g/mol. The van der Waals surface area contributed by atoms with Crippen molar-refractivity contribution < 1.29 is 37.1 Å². The number of ether oxygens (including phenoxy) is 2. The summed E-state index contributed by atoms with van der Waals surface area (Å²) in [4.78, 5) is 23.3. The third kappa shape index (κ3) is 30.2. The van der Waals surface area contributed by atoms with E-state index in [2.05, 4.69) is 11.7 Å². The number of carbonyl (C=O) groups excluding carboxylic acids is 2. The predicted molar refractivity (Wildman–Crippen MR) is 150 cm³/mol. The number of carbonyl (C=O) groups is 2. The van der Waals surface area contributed by atoms with Crippen LogP contribution >= 0.6 is 0 Å². The molecule has 0 aliphatic rings. The number of rotatable bonds is 26. The molecule has 216 valence electrons. The Morgan fingerprint density at radius 1 is 0.649 bits per heavy atom. The fourth-order valence-electron chi connectivity index (χ4n) is 4.00. The molecule has 0 aromatic carbocycles. The molecule has 1 unspecified atom stereocenters. The summed E-state index contributed by atoms with van der Waals surface area (Å²) in [6, 6.07) is 0. The minimum atomic E-state index is -4.12. The summed E-state index contributed by atoms with van der Waals surface area (Å²) in [5, 5.41) is 9.66. The van der Waals surface area contributed by atoms with Gasteiger partial charge in [0.25, 0.3) is 10.1 Å². The molecule has 1 atom stereocenters. The van der Waals surface area contributed by atoms with E-state index < -0.39 is 40.3 Å². The van der Waals surface area contributed by atoms with Gasteiger partial charge in [-0.15, -0.1) is 0 Å². The van der Waals surface area contributed by atoms with Crippen molar-refractivity contribution in [2.75, 3.05) is 19.0 Å². The number of hydrogen-bond acceptors (Lipinski definition) is 7. The van der Waals surface area contributed by atoms with Crippen molar-refractivity contribution >= 4 is 51.6 Å². The van der Waals surface area contributed by atoms with Crippen LogP contribution in [0.2, 0.25) is 0 Å². The molecule has 0 aromatic rings. The molecule has 0 fully saturated rings. The van der Waals surface area contributed by atoms with Gasteiger partial charge in [-0.25, -0.2) is 4.79 Å². The first-order valence-electron chi connectivity index (χ1n) is 14.2. The molecule has 10 heteroatoms. The fraction of sp³-hybridized carbons (Fsp3) is 0.926. The van der Waals surface area contributed by atoms with E-state index in [0.29, 0.717) is 0 Å². The zero-order valence-electron chi connectivity index (χ0n) is 22.6. The van der Waals surface area contributed by atoms with Crippen LogP contribution in [0.1, 0.15) is 135 Å². The van der Waals surface area contributed by atoms with Crippen LogP contribution in [0.5, 0.6) is 0 Å². The van der Waals surface area contributed by atoms with E-state index in [1.54, 1.807) is 0 Å². The summed E-state index contributed by atoms with van der Waals surface area (Å²) in [7, 11) is -4.12. The summed E-state index contributed by atoms with van der Waals surface area (Å²) in [5.41, 5.74) is 0. The quantitative estimate of drug-likeness (QED) is 0.0615. The first-order valence-corrected chi connectivity index (χ1v) is 15.8. The topological polar surface area (TPSA) is 127 Å². The molecule has 8 nitrogen and oxygen atoms in total. The van der Waals surface area contributed by atoms with Gasteiger partial charge in [0, 0.05) is 0 Å². The van der Waals surface area contributed by atoms with Gasteiger partial charge in [-0.05, 0) is 12.8 Å². The van der Waals surface area contributed by atoms with Crippen molar-refractivity contribution in [2.45, 2.75) is 141 Å². The van der Waals surface area contributed by atoms with Crippen LogP contribution in [0.15, 0.2) is 0 Å². The van der Waals surface area contributed by atoms with Crippen molar-refractivity contribution in [3.05, 3.63) is 0 Å². The van der Waals surface area contributed by atoms with Gasteiger partial charge in [-0.2, -0.15) is 8.42 Å². The Morgan fingerprint density at radius 2 is 1.03 bits per heavy atom. The van der Waals surface area contributed by atoms with Crippen LogP contribution in [-0.4, -0.2) is 84.6 Å². The van der Waals surface area contributed by atoms with E-state index in [1.165, 1.54) is 96.3 Å². The summed E-state index contributed by atoms with van der Waals surface area (Å²) < 4.78 is 39.4. The zero-order valence-corrected chi connectivity index (χ0v) is 23.4. The van der Waals surface area contributed by atoms with Gasteiger partial charge in [0.2, 0.25) is 0 Å². The Hall–Kier alpha value is -0.190. The fourth-order valence-corrected chi connectivity index (χ4v) is 4.48. The van der Waals surface area contributed by atoms with Crippen LogP contribution in [0, 0.1) is 0 Å². The van der Waals surface area contributed by atoms with Gasteiger partial charge in [0.1, 0.15) is 0 Å². The van der Waals surface area contributed by atoms with E-state index in [0.717, 1.165) is 19.3 Å². The average Bonchev–Trinajstić information content (AvgIpc) is 2.82. The molecular weight excluding hydrogens is 507 g/mol. The van der Waals surface area contributed by atoms with Gasteiger partial charge >= 0.3 is 41.5 Å². The van der Waals surface area contributed by atoms with Gasteiger partial charge in [-0.3, -0.25) is 9.35 Å². The number of hydrogen-bond donors (Lipinski definition) is 2. The monoisotopic (exact) mass is 560 g/mol.